The Bertz CT molecular complexity index is 758. The second-order valence-corrected chi connectivity index (χ2v) is 5.20. The molecule has 108 valence electrons. The smallest absolute Gasteiger partial charge is 0.249 e. The van der Waals surface area contributed by atoms with E-state index in [1.807, 2.05) is 6.07 Å². The Hall–Kier alpha value is -2.18. The van der Waals surface area contributed by atoms with E-state index in [1.165, 1.54) is 11.9 Å². The number of fused-ring (bicyclic) bond motifs is 1. The summed E-state index contributed by atoms with van der Waals surface area (Å²) in [7, 11) is 0. The zero-order valence-corrected chi connectivity index (χ0v) is 11.7. The van der Waals surface area contributed by atoms with Gasteiger partial charge in [0, 0.05) is 10.8 Å². The number of nitrogens with zero attached hydrogens (tertiary/aromatic N) is 3. The number of rotatable bonds is 3. The van der Waals surface area contributed by atoms with Crippen LogP contribution in [0.4, 0.5) is 0 Å². The van der Waals surface area contributed by atoms with Crippen molar-refractivity contribution in [1.82, 2.24) is 14.8 Å². The molecule has 1 aromatic carbocycles. The quantitative estimate of drug-likeness (QED) is 0.738. The minimum atomic E-state index is -0.940. The maximum atomic E-state index is 5.89. The second kappa shape index (κ2) is 4.68. The zero-order valence-electron chi connectivity index (χ0n) is 11.7. The molecule has 6 nitrogen and oxygen atoms in total. The van der Waals surface area contributed by atoms with Crippen LogP contribution in [0.3, 0.4) is 0 Å². The Balaban J connectivity index is 1.82. The number of benzene rings is 1. The molecule has 0 unspecified atom stereocenters. The van der Waals surface area contributed by atoms with E-state index in [2.05, 4.69) is 29.1 Å². The van der Waals surface area contributed by atoms with Crippen molar-refractivity contribution in [2.75, 3.05) is 13.2 Å². The van der Waals surface area contributed by atoms with Crippen LogP contribution in [-0.2, 0) is 21.8 Å². The topological polar surface area (TPSA) is 62.3 Å². The highest BCUT2D eigenvalue weighted by atomic mass is 16.7. The number of hydrogen-bond donors (Lipinski definition) is 0. The largest absolute Gasteiger partial charge is 0.462 e. The van der Waals surface area contributed by atoms with Gasteiger partial charge in [-0.05, 0) is 13.0 Å². The van der Waals surface area contributed by atoms with Gasteiger partial charge in [0.05, 0.1) is 19.5 Å². The van der Waals surface area contributed by atoms with E-state index in [9.17, 15) is 0 Å². The predicted molar refractivity (Wildman–Crippen MR) is 74.6 cm³/mol. The number of aromatic nitrogens is 3. The van der Waals surface area contributed by atoms with Gasteiger partial charge in [-0.25, -0.2) is 9.67 Å². The number of hydrogen-bond acceptors (Lipinski definition) is 5. The summed E-state index contributed by atoms with van der Waals surface area (Å²) in [5.41, 5.74) is 1.19. The lowest BCUT2D eigenvalue weighted by atomic mass is 10.1. The van der Waals surface area contributed by atoms with E-state index in [1.54, 1.807) is 17.3 Å². The van der Waals surface area contributed by atoms with Crippen molar-refractivity contribution in [2.24, 2.45) is 0 Å². The molecular weight excluding hydrogens is 270 g/mol. The fraction of sp³-hybridized carbons (Fsp3) is 0.333. The van der Waals surface area contributed by atoms with Crippen LogP contribution in [0.2, 0.25) is 0 Å². The summed E-state index contributed by atoms with van der Waals surface area (Å²) in [6.07, 6.45) is 4.88. The number of aryl methyl sites for hydroxylation is 1. The van der Waals surface area contributed by atoms with E-state index in [0.717, 1.165) is 10.8 Å². The Morgan fingerprint density at radius 1 is 1.29 bits per heavy atom. The molecule has 6 heteroatoms. The van der Waals surface area contributed by atoms with Gasteiger partial charge in [-0.2, -0.15) is 5.10 Å². The summed E-state index contributed by atoms with van der Waals surface area (Å²) >= 11 is 0. The summed E-state index contributed by atoms with van der Waals surface area (Å²) in [5.74, 6) is -0.254. The Morgan fingerprint density at radius 2 is 2.14 bits per heavy atom. The molecule has 21 heavy (non-hydrogen) atoms. The molecule has 4 rings (SSSR count). The summed E-state index contributed by atoms with van der Waals surface area (Å²) < 4.78 is 19.3. The van der Waals surface area contributed by atoms with E-state index >= 15 is 0 Å². The highest BCUT2D eigenvalue weighted by molar-refractivity contribution is 5.85. The van der Waals surface area contributed by atoms with E-state index in [4.69, 9.17) is 13.9 Å². The Labute approximate surface area is 121 Å². The van der Waals surface area contributed by atoms with Crippen LogP contribution in [0.5, 0.6) is 0 Å². The van der Waals surface area contributed by atoms with Gasteiger partial charge in [0.25, 0.3) is 0 Å². The predicted octanol–water partition coefficient (Wildman–Crippen LogP) is 2.23. The summed E-state index contributed by atoms with van der Waals surface area (Å²) in [6.45, 7) is 3.52. The first-order valence-electron chi connectivity index (χ1n) is 6.85. The highest BCUT2D eigenvalue weighted by Gasteiger charge is 2.43. The fourth-order valence-corrected chi connectivity index (χ4v) is 2.74. The average Bonchev–Trinajstić information content (AvgIpc) is 3.19. The van der Waals surface area contributed by atoms with Crippen LogP contribution < -0.4 is 0 Å². The Morgan fingerprint density at radius 3 is 2.90 bits per heavy atom. The van der Waals surface area contributed by atoms with Crippen molar-refractivity contribution < 1.29 is 13.9 Å². The van der Waals surface area contributed by atoms with Gasteiger partial charge in [0.15, 0.2) is 5.76 Å². The fourth-order valence-electron chi connectivity index (χ4n) is 2.74. The molecule has 0 bridgehead atoms. The molecule has 1 fully saturated rings. The monoisotopic (exact) mass is 285 g/mol. The molecule has 0 aliphatic carbocycles. The molecule has 3 aromatic rings. The van der Waals surface area contributed by atoms with Gasteiger partial charge in [0.2, 0.25) is 5.79 Å². The van der Waals surface area contributed by atoms with E-state index in [-0.39, 0.29) is 0 Å². The highest BCUT2D eigenvalue weighted by Crippen LogP contribution is 2.38. The van der Waals surface area contributed by atoms with Crippen LogP contribution in [0.1, 0.15) is 11.3 Å². The number of furan rings is 1. The van der Waals surface area contributed by atoms with Crippen LogP contribution in [0.15, 0.2) is 41.5 Å². The third-order valence-electron chi connectivity index (χ3n) is 3.69. The zero-order chi connectivity index (χ0) is 14.3. The second-order valence-electron chi connectivity index (χ2n) is 5.20. The van der Waals surface area contributed by atoms with Crippen molar-refractivity contribution >= 4 is 10.8 Å². The van der Waals surface area contributed by atoms with Crippen molar-refractivity contribution in [3.8, 4) is 0 Å². The minimum absolute atomic E-state index is 0.406. The maximum Gasteiger partial charge on any atom is 0.249 e. The van der Waals surface area contributed by atoms with Crippen molar-refractivity contribution in [2.45, 2.75) is 19.3 Å². The van der Waals surface area contributed by atoms with Gasteiger partial charge < -0.3 is 13.9 Å². The van der Waals surface area contributed by atoms with Gasteiger partial charge in [-0.1, -0.05) is 17.7 Å². The third kappa shape index (κ3) is 2.03. The third-order valence-corrected chi connectivity index (χ3v) is 3.69. The van der Waals surface area contributed by atoms with Crippen LogP contribution in [0.25, 0.3) is 10.8 Å². The first-order valence-corrected chi connectivity index (χ1v) is 6.85. The standard InChI is InChI=1S/C15H15N3O3/c1-11-2-3-13-12(6-11)7-19-14(13)15(20-4-5-21-15)8-18-10-16-9-17-18/h2-3,6-7,9-10H,4-5,8H2,1H3. The van der Waals surface area contributed by atoms with Crippen LogP contribution in [-0.4, -0.2) is 28.0 Å². The molecular formula is C15H15N3O3. The molecule has 0 N–H and O–H groups in total. The first-order chi connectivity index (χ1) is 10.3. The molecule has 1 aliphatic heterocycles. The lowest BCUT2D eigenvalue weighted by molar-refractivity contribution is -0.188. The summed E-state index contributed by atoms with van der Waals surface area (Å²) in [4.78, 5) is 3.96. The number of ether oxygens (including phenoxy) is 2. The normalized spacial score (nSPS) is 17.6. The lowest BCUT2D eigenvalue weighted by Gasteiger charge is -2.25. The molecule has 0 saturated carbocycles. The average molecular weight is 285 g/mol. The lowest BCUT2D eigenvalue weighted by Crippen LogP contribution is -2.32. The molecule has 1 saturated heterocycles. The molecule has 0 amide bonds. The van der Waals surface area contributed by atoms with Crippen molar-refractivity contribution in [3.63, 3.8) is 0 Å². The minimum Gasteiger partial charge on any atom is -0.462 e. The SMILES string of the molecule is Cc1ccc2c(C3(Cn4cncn4)OCCO3)occ2c1. The summed E-state index contributed by atoms with van der Waals surface area (Å²) in [6, 6.07) is 6.18. The van der Waals surface area contributed by atoms with Crippen molar-refractivity contribution in [3.05, 3.63) is 48.4 Å². The van der Waals surface area contributed by atoms with Crippen LogP contribution >= 0.6 is 0 Å². The molecule has 3 heterocycles. The van der Waals surface area contributed by atoms with E-state index in [0.29, 0.717) is 25.5 Å². The molecule has 0 radical (unpaired) electrons. The molecule has 2 aromatic heterocycles. The Kier molecular flexibility index (Phi) is 2.80. The van der Waals surface area contributed by atoms with Gasteiger partial charge in [-0.3, -0.25) is 0 Å². The van der Waals surface area contributed by atoms with E-state index < -0.39 is 5.79 Å². The van der Waals surface area contributed by atoms with Crippen LogP contribution in [0, 0.1) is 6.92 Å². The van der Waals surface area contributed by atoms with Gasteiger partial charge in [-0.15, -0.1) is 0 Å². The molecule has 0 spiro atoms. The first kappa shape index (κ1) is 12.6. The van der Waals surface area contributed by atoms with Gasteiger partial charge in [0.1, 0.15) is 19.2 Å². The summed E-state index contributed by atoms with van der Waals surface area (Å²) in [5, 5.41) is 6.18. The van der Waals surface area contributed by atoms with Crippen molar-refractivity contribution in [1.29, 1.82) is 0 Å². The molecule has 0 atom stereocenters. The maximum absolute atomic E-state index is 5.89. The molecule has 1 aliphatic rings. The van der Waals surface area contributed by atoms with Gasteiger partial charge >= 0.3 is 0 Å².